The molecular formula is C10H16O2S2. The van der Waals surface area contributed by atoms with Gasteiger partial charge in [0.2, 0.25) is 0 Å². The second-order valence-corrected chi connectivity index (χ2v) is 6.23. The van der Waals surface area contributed by atoms with Crippen LogP contribution in [0.3, 0.4) is 0 Å². The molecule has 0 aliphatic carbocycles. The molecule has 1 heterocycles. The van der Waals surface area contributed by atoms with E-state index >= 15 is 0 Å². The van der Waals surface area contributed by atoms with Crippen LogP contribution in [0, 0.1) is 0 Å². The maximum atomic E-state index is 11.7. The highest BCUT2D eigenvalue weighted by Gasteiger charge is 2.13. The van der Waals surface area contributed by atoms with E-state index in [0.29, 0.717) is 10.6 Å². The first kappa shape index (κ1) is 11.7. The van der Waals surface area contributed by atoms with Gasteiger partial charge in [-0.25, -0.2) is 8.42 Å². The van der Waals surface area contributed by atoms with E-state index < -0.39 is 9.84 Å². The molecule has 0 fully saturated rings. The summed E-state index contributed by atoms with van der Waals surface area (Å²) in [5.74, 6) is 0.295. The molecule has 0 radical (unpaired) electrons. The van der Waals surface area contributed by atoms with E-state index in [9.17, 15) is 8.42 Å². The molecule has 2 nitrogen and oxygen atoms in total. The van der Waals surface area contributed by atoms with Crippen molar-refractivity contribution in [1.82, 2.24) is 0 Å². The lowest BCUT2D eigenvalue weighted by molar-refractivity contribution is 0.589. The van der Waals surface area contributed by atoms with Crippen LogP contribution in [0.2, 0.25) is 0 Å². The molecule has 0 saturated carbocycles. The number of sulfone groups is 1. The van der Waals surface area contributed by atoms with Crippen LogP contribution in [0.1, 0.15) is 32.6 Å². The number of thiophene rings is 1. The Bertz CT molecular complexity index is 338. The molecule has 4 heteroatoms. The summed E-state index contributed by atoms with van der Waals surface area (Å²) in [7, 11) is -2.99. The lowest BCUT2D eigenvalue weighted by Crippen LogP contribution is -2.05. The molecule has 0 N–H and O–H groups in total. The highest BCUT2D eigenvalue weighted by atomic mass is 32.2. The Balaban J connectivity index is 2.44. The fourth-order valence-corrected chi connectivity index (χ4v) is 3.72. The highest BCUT2D eigenvalue weighted by molar-refractivity contribution is 7.91. The van der Waals surface area contributed by atoms with E-state index in [-0.39, 0.29) is 0 Å². The van der Waals surface area contributed by atoms with Crippen molar-refractivity contribution in [1.29, 1.82) is 0 Å². The van der Waals surface area contributed by atoms with Crippen LogP contribution in [0.25, 0.3) is 0 Å². The third-order valence-electron chi connectivity index (χ3n) is 2.12. The van der Waals surface area contributed by atoms with Gasteiger partial charge in [-0.05, 0) is 17.9 Å². The average molecular weight is 232 g/mol. The number of hydrogen-bond donors (Lipinski definition) is 0. The number of hydrogen-bond acceptors (Lipinski definition) is 3. The highest BCUT2D eigenvalue weighted by Crippen LogP contribution is 2.16. The second kappa shape index (κ2) is 5.51. The minimum Gasteiger partial charge on any atom is -0.224 e. The SMILES string of the molecule is CCCCCCS(=O)(=O)c1ccsc1. The lowest BCUT2D eigenvalue weighted by atomic mass is 10.2. The van der Waals surface area contributed by atoms with Crippen LogP contribution in [-0.4, -0.2) is 14.2 Å². The van der Waals surface area contributed by atoms with Crippen LogP contribution in [0.5, 0.6) is 0 Å². The molecule has 80 valence electrons. The summed E-state index contributed by atoms with van der Waals surface area (Å²) in [6.07, 6.45) is 4.06. The van der Waals surface area contributed by atoms with Crippen molar-refractivity contribution in [3.8, 4) is 0 Å². The molecule has 1 aromatic rings. The summed E-state index contributed by atoms with van der Waals surface area (Å²) in [5.41, 5.74) is 0. The van der Waals surface area contributed by atoms with Gasteiger partial charge in [0, 0.05) is 5.38 Å². The fraction of sp³-hybridized carbons (Fsp3) is 0.600. The van der Waals surface area contributed by atoms with Crippen molar-refractivity contribution >= 4 is 21.2 Å². The summed E-state index contributed by atoms with van der Waals surface area (Å²) < 4.78 is 23.3. The van der Waals surface area contributed by atoms with Crippen molar-refractivity contribution < 1.29 is 8.42 Å². The Morgan fingerprint density at radius 2 is 2.07 bits per heavy atom. The summed E-state index contributed by atoms with van der Waals surface area (Å²) in [4.78, 5) is 0.485. The Labute approximate surface area is 89.9 Å². The molecule has 1 rings (SSSR count). The summed E-state index contributed by atoms with van der Waals surface area (Å²) in [5, 5.41) is 3.51. The minimum atomic E-state index is -2.99. The molecule has 1 aromatic heterocycles. The monoisotopic (exact) mass is 232 g/mol. The Kier molecular flexibility index (Phi) is 4.62. The maximum absolute atomic E-state index is 11.7. The van der Waals surface area contributed by atoms with Crippen LogP contribution in [0.15, 0.2) is 21.7 Å². The molecule has 0 aromatic carbocycles. The first-order chi connectivity index (χ1) is 6.67. The van der Waals surface area contributed by atoms with Gasteiger partial charge in [-0.2, -0.15) is 11.3 Å². The van der Waals surface area contributed by atoms with E-state index in [2.05, 4.69) is 6.92 Å². The second-order valence-electron chi connectivity index (χ2n) is 3.34. The maximum Gasteiger partial charge on any atom is 0.179 e. The molecular weight excluding hydrogens is 216 g/mol. The van der Waals surface area contributed by atoms with Crippen LogP contribution in [-0.2, 0) is 9.84 Å². The standard InChI is InChI=1S/C10H16O2S2/c1-2-3-4-5-8-14(11,12)10-6-7-13-9-10/h6-7,9H,2-5,8H2,1H3. The minimum absolute atomic E-state index is 0.295. The number of unbranched alkanes of at least 4 members (excludes halogenated alkanes) is 3. The van der Waals surface area contributed by atoms with Crippen LogP contribution >= 0.6 is 11.3 Å². The first-order valence-corrected chi connectivity index (χ1v) is 7.51. The number of rotatable bonds is 6. The Morgan fingerprint density at radius 3 is 2.64 bits per heavy atom. The van der Waals surface area contributed by atoms with Gasteiger partial charge in [-0.1, -0.05) is 26.2 Å². The van der Waals surface area contributed by atoms with Crippen molar-refractivity contribution in [2.75, 3.05) is 5.75 Å². The van der Waals surface area contributed by atoms with Crippen molar-refractivity contribution in [3.05, 3.63) is 16.8 Å². The molecule has 0 spiro atoms. The Morgan fingerprint density at radius 1 is 1.29 bits per heavy atom. The lowest BCUT2D eigenvalue weighted by Gasteiger charge is -2.00. The molecule has 0 atom stereocenters. The van der Waals surface area contributed by atoms with Gasteiger partial charge < -0.3 is 0 Å². The zero-order valence-electron chi connectivity index (χ0n) is 8.40. The summed E-state index contributed by atoms with van der Waals surface area (Å²) in [6, 6.07) is 1.68. The molecule has 14 heavy (non-hydrogen) atoms. The van der Waals surface area contributed by atoms with E-state index in [1.165, 1.54) is 11.3 Å². The molecule has 0 saturated heterocycles. The normalized spacial score (nSPS) is 11.8. The predicted octanol–water partition coefficient (Wildman–Crippen LogP) is 3.10. The quantitative estimate of drug-likeness (QED) is 0.706. The zero-order valence-corrected chi connectivity index (χ0v) is 10.0. The van der Waals surface area contributed by atoms with Gasteiger partial charge >= 0.3 is 0 Å². The fourth-order valence-electron chi connectivity index (χ4n) is 1.27. The van der Waals surface area contributed by atoms with Gasteiger partial charge in [-0.15, -0.1) is 0 Å². The van der Waals surface area contributed by atoms with Gasteiger partial charge in [0.15, 0.2) is 9.84 Å². The Hall–Kier alpha value is -0.350. The largest absolute Gasteiger partial charge is 0.224 e. The van der Waals surface area contributed by atoms with Gasteiger partial charge in [0.25, 0.3) is 0 Å². The van der Waals surface area contributed by atoms with Gasteiger partial charge in [-0.3, -0.25) is 0 Å². The summed E-state index contributed by atoms with van der Waals surface area (Å²) >= 11 is 1.43. The third-order valence-corrected chi connectivity index (χ3v) is 4.75. The predicted molar refractivity (Wildman–Crippen MR) is 60.5 cm³/mol. The topological polar surface area (TPSA) is 34.1 Å². The smallest absolute Gasteiger partial charge is 0.179 e. The zero-order chi connectivity index (χ0) is 10.4. The molecule has 0 unspecified atom stereocenters. The first-order valence-electron chi connectivity index (χ1n) is 4.92. The van der Waals surface area contributed by atoms with Gasteiger partial charge in [0.1, 0.15) is 0 Å². The molecule has 0 amide bonds. The van der Waals surface area contributed by atoms with Crippen molar-refractivity contribution in [2.45, 2.75) is 37.5 Å². The van der Waals surface area contributed by atoms with E-state index in [1.807, 2.05) is 0 Å². The average Bonchev–Trinajstić information content (AvgIpc) is 2.65. The van der Waals surface area contributed by atoms with Crippen LogP contribution in [0.4, 0.5) is 0 Å². The van der Waals surface area contributed by atoms with E-state index in [4.69, 9.17) is 0 Å². The summed E-state index contributed by atoms with van der Waals surface area (Å²) in [6.45, 7) is 2.12. The van der Waals surface area contributed by atoms with E-state index in [0.717, 1.165) is 25.7 Å². The van der Waals surface area contributed by atoms with E-state index in [1.54, 1.807) is 16.8 Å². The molecule has 0 bridgehead atoms. The van der Waals surface area contributed by atoms with Gasteiger partial charge in [0.05, 0.1) is 10.6 Å². The van der Waals surface area contributed by atoms with Crippen molar-refractivity contribution in [3.63, 3.8) is 0 Å². The van der Waals surface area contributed by atoms with Crippen molar-refractivity contribution in [2.24, 2.45) is 0 Å². The molecule has 0 aliphatic heterocycles. The third kappa shape index (κ3) is 3.42. The molecule has 0 aliphatic rings. The van der Waals surface area contributed by atoms with Crippen LogP contribution < -0.4 is 0 Å².